The predicted octanol–water partition coefficient (Wildman–Crippen LogP) is 12.4. The van der Waals surface area contributed by atoms with E-state index in [0.717, 1.165) is 76.7 Å². The molecule has 0 unspecified atom stereocenters. The Labute approximate surface area is 303 Å². The Bertz CT molecular complexity index is 3230. The third kappa shape index (κ3) is 4.71. The number of nitrogens with zero attached hydrogens (tertiary/aromatic N) is 4. The van der Waals surface area contributed by atoms with Crippen molar-refractivity contribution in [1.29, 1.82) is 0 Å². The van der Waals surface area contributed by atoms with Crippen molar-refractivity contribution < 1.29 is 4.42 Å². The molecule has 0 aliphatic carbocycles. The lowest BCUT2D eigenvalue weighted by atomic mass is 9.92. The Morgan fingerprint density at radius 2 is 1.02 bits per heavy atom. The zero-order chi connectivity index (χ0) is 34.9. The van der Waals surface area contributed by atoms with Gasteiger partial charge in [-0.3, -0.25) is 4.98 Å². The minimum atomic E-state index is 0.623. The number of hydrogen-bond donors (Lipinski definition) is 0. The number of benzene rings is 8. The summed E-state index contributed by atoms with van der Waals surface area (Å²) in [6.45, 7) is 0. The summed E-state index contributed by atoms with van der Waals surface area (Å²) in [6, 6.07) is 54.8. The van der Waals surface area contributed by atoms with E-state index in [9.17, 15) is 0 Å². The lowest BCUT2D eigenvalue weighted by Crippen LogP contribution is -2.01. The van der Waals surface area contributed by atoms with Crippen LogP contribution in [0.5, 0.6) is 0 Å². The van der Waals surface area contributed by atoms with Crippen molar-refractivity contribution in [2.45, 2.75) is 0 Å². The topological polar surface area (TPSA) is 64.7 Å². The van der Waals surface area contributed by atoms with Crippen molar-refractivity contribution in [3.8, 4) is 45.3 Å². The van der Waals surface area contributed by atoms with Crippen LogP contribution in [-0.2, 0) is 0 Å². The number of para-hydroxylation sites is 1. The van der Waals surface area contributed by atoms with Crippen LogP contribution >= 0.6 is 0 Å². The summed E-state index contributed by atoms with van der Waals surface area (Å²) < 4.78 is 6.27. The Morgan fingerprint density at radius 1 is 0.358 bits per heavy atom. The highest BCUT2D eigenvalue weighted by molar-refractivity contribution is 6.21. The van der Waals surface area contributed by atoms with E-state index in [4.69, 9.17) is 19.4 Å². The Hall–Kier alpha value is -7.24. The summed E-state index contributed by atoms with van der Waals surface area (Å²) in [5.41, 5.74) is 6.82. The van der Waals surface area contributed by atoms with E-state index in [-0.39, 0.29) is 0 Å². The van der Waals surface area contributed by atoms with Crippen LogP contribution in [0.4, 0.5) is 0 Å². The summed E-state index contributed by atoms with van der Waals surface area (Å²) in [5, 5.41) is 11.4. The van der Waals surface area contributed by atoms with Gasteiger partial charge in [-0.15, -0.1) is 0 Å². The summed E-state index contributed by atoms with van der Waals surface area (Å²) >= 11 is 0. The van der Waals surface area contributed by atoms with E-state index >= 15 is 0 Å². The maximum Gasteiger partial charge on any atom is 0.164 e. The third-order valence-corrected chi connectivity index (χ3v) is 10.4. The van der Waals surface area contributed by atoms with Crippen molar-refractivity contribution in [2.24, 2.45) is 0 Å². The van der Waals surface area contributed by atoms with Crippen LogP contribution in [0.3, 0.4) is 0 Å². The molecule has 8 aromatic carbocycles. The van der Waals surface area contributed by atoms with Crippen LogP contribution in [0.1, 0.15) is 0 Å². The van der Waals surface area contributed by atoms with Gasteiger partial charge >= 0.3 is 0 Å². The van der Waals surface area contributed by atoms with Gasteiger partial charge in [-0.2, -0.15) is 0 Å². The SMILES string of the molecule is c1ccc(-c2nc(-c3ccc4ccc5ccc6cnccc6c5c4c3)nc(-c3ccc(-c4cccc5oc6ccccc6c45)c4ccccc34)n2)cc1. The highest BCUT2D eigenvalue weighted by Gasteiger charge is 2.19. The highest BCUT2D eigenvalue weighted by atomic mass is 16.3. The summed E-state index contributed by atoms with van der Waals surface area (Å²) in [5.74, 6) is 1.87. The van der Waals surface area contributed by atoms with Crippen LogP contribution in [0.25, 0.3) is 110 Å². The first-order valence-electron chi connectivity index (χ1n) is 17.7. The molecule has 3 heterocycles. The highest BCUT2D eigenvalue weighted by Crippen LogP contribution is 2.42. The van der Waals surface area contributed by atoms with E-state index in [2.05, 4.69) is 114 Å². The van der Waals surface area contributed by atoms with Gasteiger partial charge in [-0.1, -0.05) is 127 Å². The maximum absolute atomic E-state index is 6.27. The molecule has 0 radical (unpaired) electrons. The quantitative estimate of drug-likeness (QED) is 0.174. The van der Waals surface area contributed by atoms with Crippen LogP contribution in [-0.4, -0.2) is 19.9 Å². The smallest absolute Gasteiger partial charge is 0.164 e. The second-order valence-corrected chi connectivity index (χ2v) is 13.4. The summed E-state index contributed by atoms with van der Waals surface area (Å²) in [4.78, 5) is 19.9. The van der Waals surface area contributed by atoms with Crippen LogP contribution in [0.15, 0.2) is 175 Å². The molecule has 53 heavy (non-hydrogen) atoms. The molecule has 0 N–H and O–H groups in total. The fraction of sp³-hybridized carbons (Fsp3) is 0. The normalized spacial score (nSPS) is 11.8. The van der Waals surface area contributed by atoms with Crippen molar-refractivity contribution in [3.05, 3.63) is 170 Å². The Kier molecular flexibility index (Phi) is 6.48. The van der Waals surface area contributed by atoms with Gasteiger partial charge in [0.15, 0.2) is 17.5 Å². The zero-order valence-electron chi connectivity index (χ0n) is 28.4. The number of aromatic nitrogens is 4. The van der Waals surface area contributed by atoms with Crippen molar-refractivity contribution in [1.82, 2.24) is 19.9 Å². The standard InChI is InChI=1S/C48H28N4O/c1-2-9-31(10-3-1)46-50-47(32-21-18-29-17-19-30-20-22-33-28-49-26-25-34(33)44(30)41(29)27-32)52-48(51-46)39-24-23-37(35-11-4-5-12-36(35)39)38-14-8-16-43-45(38)40-13-6-7-15-42(40)53-43/h1-28H. The lowest BCUT2D eigenvalue weighted by Gasteiger charge is -2.14. The molecule has 0 aliphatic heterocycles. The molecule has 0 bridgehead atoms. The molecule has 0 amide bonds. The zero-order valence-corrected chi connectivity index (χ0v) is 28.4. The molecular weight excluding hydrogens is 649 g/mol. The molecule has 5 heteroatoms. The minimum Gasteiger partial charge on any atom is -0.456 e. The molecule has 0 fully saturated rings. The van der Waals surface area contributed by atoms with Gasteiger partial charge in [0, 0.05) is 45.2 Å². The fourth-order valence-corrected chi connectivity index (χ4v) is 7.93. The van der Waals surface area contributed by atoms with E-state index in [1.807, 2.05) is 60.9 Å². The van der Waals surface area contributed by atoms with Gasteiger partial charge in [-0.05, 0) is 79.2 Å². The molecular formula is C48H28N4O. The van der Waals surface area contributed by atoms with Crippen LogP contribution < -0.4 is 0 Å². The van der Waals surface area contributed by atoms with E-state index in [1.165, 1.54) is 16.2 Å². The number of hydrogen-bond acceptors (Lipinski definition) is 5. The average molecular weight is 677 g/mol. The summed E-state index contributed by atoms with van der Waals surface area (Å²) in [6.07, 6.45) is 3.79. The molecule has 246 valence electrons. The molecule has 5 nitrogen and oxygen atoms in total. The lowest BCUT2D eigenvalue weighted by molar-refractivity contribution is 0.669. The average Bonchev–Trinajstić information content (AvgIpc) is 3.62. The Balaban J connectivity index is 1.14. The number of fused-ring (bicyclic) bond motifs is 9. The van der Waals surface area contributed by atoms with Crippen molar-refractivity contribution in [3.63, 3.8) is 0 Å². The predicted molar refractivity (Wildman–Crippen MR) is 217 cm³/mol. The number of pyridine rings is 1. The van der Waals surface area contributed by atoms with Crippen LogP contribution in [0, 0.1) is 0 Å². The minimum absolute atomic E-state index is 0.623. The third-order valence-electron chi connectivity index (χ3n) is 10.4. The van der Waals surface area contributed by atoms with E-state index < -0.39 is 0 Å². The first kappa shape index (κ1) is 29.5. The Morgan fingerprint density at radius 3 is 1.89 bits per heavy atom. The van der Waals surface area contributed by atoms with Crippen molar-refractivity contribution in [2.75, 3.05) is 0 Å². The first-order chi connectivity index (χ1) is 26.3. The van der Waals surface area contributed by atoms with Gasteiger partial charge in [-0.25, -0.2) is 15.0 Å². The summed E-state index contributed by atoms with van der Waals surface area (Å²) in [7, 11) is 0. The van der Waals surface area contributed by atoms with Gasteiger partial charge in [0.05, 0.1) is 0 Å². The monoisotopic (exact) mass is 676 g/mol. The first-order valence-corrected chi connectivity index (χ1v) is 17.7. The van der Waals surface area contributed by atoms with E-state index in [1.54, 1.807) is 0 Å². The number of furan rings is 1. The molecule has 3 aromatic heterocycles. The van der Waals surface area contributed by atoms with Gasteiger partial charge in [0.1, 0.15) is 11.2 Å². The molecule has 0 aliphatic rings. The fourth-order valence-electron chi connectivity index (χ4n) is 7.93. The van der Waals surface area contributed by atoms with Gasteiger partial charge < -0.3 is 4.42 Å². The van der Waals surface area contributed by atoms with Crippen LogP contribution in [0.2, 0.25) is 0 Å². The van der Waals surface area contributed by atoms with Gasteiger partial charge in [0.25, 0.3) is 0 Å². The maximum atomic E-state index is 6.27. The molecule has 0 spiro atoms. The largest absolute Gasteiger partial charge is 0.456 e. The molecule has 0 saturated heterocycles. The molecule has 11 aromatic rings. The van der Waals surface area contributed by atoms with Crippen molar-refractivity contribution >= 4 is 65.0 Å². The molecule has 11 rings (SSSR count). The van der Waals surface area contributed by atoms with E-state index in [0.29, 0.717) is 17.5 Å². The number of rotatable bonds is 4. The molecule has 0 saturated carbocycles. The van der Waals surface area contributed by atoms with Gasteiger partial charge in [0.2, 0.25) is 0 Å². The second-order valence-electron chi connectivity index (χ2n) is 13.4. The second kappa shape index (κ2) is 11.7. The molecule has 0 atom stereocenters.